The SMILES string of the molecule is COc1nc2[nH]cc(C(=O)O)c(=O)c2cc1Cc1cccc(Cl)c1F.OCCCO. The molecule has 0 radical (unpaired) electrons. The smallest absolute Gasteiger partial charge is 0.341 e. The van der Waals surface area contributed by atoms with Crippen molar-refractivity contribution in [2.45, 2.75) is 12.8 Å². The monoisotopic (exact) mass is 438 g/mol. The summed E-state index contributed by atoms with van der Waals surface area (Å²) >= 11 is 5.79. The fourth-order valence-electron chi connectivity index (χ4n) is 2.60. The van der Waals surface area contributed by atoms with Crippen molar-refractivity contribution in [3.8, 4) is 5.88 Å². The first kappa shape index (κ1) is 23.3. The number of hydrogen-bond donors (Lipinski definition) is 4. The Morgan fingerprint density at radius 2 is 1.97 bits per heavy atom. The Balaban J connectivity index is 0.000000575. The number of nitrogens with zero attached hydrogens (tertiary/aromatic N) is 1. The number of carboxylic acids is 1. The molecular weight excluding hydrogens is 419 g/mol. The number of carbonyl (C=O) groups is 1. The molecule has 4 N–H and O–H groups in total. The molecule has 3 rings (SSSR count). The van der Waals surface area contributed by atoms with Crippen molar-refractivity contribution in [1.82, 2.24) is 9.97 Å². The maximum atomic E-state index is 14.1. The van der Waals surface area contributed by atoms with Crippen LogP contribution in [0.1, 0.15) is 27.9 Å². The zero-order valence-electron chi connectivity index (χ0n) is 16.0. The number of halogens is 2. The van der Waals surface area contributed by atoms with Gasteiger partial charge in [-0.15, -0.1) is 0 Å². The van der Waals surface area contributed by atoms with Crippen LogP contribution < -0.4 is 10.2 Å². The lowest BCUT2D eigenvalue weighted by molar-refractivity contribution is 0.0695. The van der Waals surface area contributed by atoms with E-state index in [9.17, 15) is 14.0 Å². The summed E-state index contributed by atoms with van der Waals surface area (Å²) in [5, 5.41) is 24.9. The second-order valence-corrected chi connectivity index (χ2v) is 6.49. The van der Waals surface area contributed by atoms with Crippen molar-refractivity contribution in [2.75, 3.05) is 20.3 Å². The van der Waals surface area contributed by atoms with Crippen LogP contribution in [0.3, 0.4) is 0 Å². The molecule has 10 heteroatoms. The normalized spacial score (nSPS) is 10.4. The molecule has 0 atom stereocenters. The summed E-state index contributed by atoms with van der Waals surface area (Å²) in [5.74, 6) is -1.72. The number of aliphatic hydroxyl groups is 2. The van der Waals surface area contributed by atoms with Gasteiger partial charge in [0.05, 0.1) is 17.5 Å². The van der Waals surface area contributed by atoms with E-state index in [1.807, 2.05) is 0 Å². The highest BCUT2D eigenvalue weighted by atomic mass is 35.5. The molecule has 160 valence electrons. The van der Waals surface area contributed by atoms with E-state index in [0.717, 1.165) is 6.20 Å². The predicted octanol–water partition coefficient (Wildman–Crippen LogP) is 2.37. The lowest BCUT2D eigenvalue weighted by Gasteiger charge is -2.10. The van der Waals surface area contributed by atoms with Gasteiger partial charge in [0.2, 0.25) is 11.3 Å². The first-order valence-electron chi connectivity index (χ1n) is 8.81. The van der Waals surface area contributed by atoms with Gasteiger partial charge in [-0.3, -0.25) is 4.79 Å². The zero-order chi connectivity index (χ0) is 22.3. The molecule has 0 saturated heterocycles. The third-order valence-electron chi connectivity index (χ3n) is 4.06. The molecule has 0 aliphatic carbocycles. The molecule has 2 heterocycles. The Bertz CT molecular complexity index is 1100. The second-order valence-electron chi connectivity index (χ2n) is 6.08. The maximum Gasteiger partial charge on any atom is 0.341 e. The summed E-state index contributed by atoms with van der Waals surface area (Å²) in [4.78, 5) is 30.3. The molecule has 8 nitrogen and oxygen atoms in total. The zero-order valence-corrected chi connectivity index (χ0v) is 16.7. The molecular formula is C20H20ClFN2O6. The van der Waals surface area contributed by atoms with E-state index >= 15 is 0 Å². The van der Waals surface area contributed by atoms with E-state index in [0.29, 0.717) is 17.5 Å². The highest BCUT2D eigenvalue weighted by Crippen LogP contribution is 2.26. The van der Waals surface area contributed by atoms with Crippen LogP contribution in [0.4, 0.5) is 4.39 Å². The number of rotatable bonds is 6. The molecule has 0 aliphatic rings. The van der Waals surface area contributed by atoms with Gasteiger partial charge in [-0.2, -0.15) is 4.98 Å². The largest absolute Gasteiger partial charge is 0.481 e. The second kappa shape index (κ2) is 10.7. The summed E-state index contributed by atoms with van der Waals surface area (Å²) in [6.07, 6.45) is 1.66. The molecule has 3 aromatic rings. The van der Waals surface area contributed by atoms with Crippen LogP contribution in [0, 0.1) is 5.82 Å². The minimum Gasteiger partial charge on any atom is -0.481 e. The minimum atomic E-state index is -1.35. The van der Waals surface area contributed by atoms with E-state index in [2.05, 4.69) is 9.97 Å². The number of H-pyrrole nitrogens is 1. The van der Waals surface area contributed by atoms with Crippen LogP contribution in [0.25, 0.3) is 11.0 Å². The minimum absolute atomic E-state index is 0.0174. The fraction of sp³-hybridized carbons (Fsp3) is 0.250. The molecule has 1 aromatic carbocycles. The maximum absolute atomic E-state index is 14.1. The van der Waals surface area contributed by atoms with Gasteiger partial charge in [-0.1, -0.05) is 23.7 Å². The number of hydrogen-bond acceptors (Lipinski definition) is 6. The number of methoxy groups -OCH3 is 1. The van der Waals surface area contributed by atoms with Crippen LogP contribution in [0.2, 0.25) is 5.02 Å². The number of aromatic amines is 1. The average Bonchev–Trinajstić information content (AvgIpc) is 2.72. The Morgan fingerprint density at radius 1 is 1.27 bits per heavy atom. The van der Waals surface area contributed by atoms with Crippen molar-refractivity contribution in [3.63, 3.8) is 0 Å². The molecule has 30 heavy (non-hydrogen) atoms. The predicted molar refractivity (Wildman–Crippen MR) is 109 cm³/mol. The first-order chi connectivity index (χ1) is 14.3. The van der Waals surface area contributed by atoms with Gasteiger partial charge in [0.1, 0.15) is 17.0 Å². The number of nitrogens with one attached hydrogen (secondary N) is 1. The first-order valence-corrected chi connectivity index (χ1v) is 9.19. The van der Waals surface area contributed by atoms with Gasteiger partial charge in [-0.25, -0.2) is 9.18 Å². The number of pyridine rings is 2. The standard InChI is InChI=1S/C17H12ClFN2O4.C3H8O2/c1-25-16-9(5-8-3-2-4-12(18)13(8)19)6-10-14(22)11(17(23)24)7-20-15(10)21-16;4-2-1-3-5/h2-4,6-7H,5H2,1H3,(H,23,24)(H,20,21,22);4-5H,1-3H2. The number of aromatic carboxylic acids is 1. The Hall–Kier alpha value is -3.01. The molecule has 0 fully saturated rings. The number of aromatic nitrogens is 2. The van der Waals surface area contributed by atoms with Gasteiger partial charge in [0, 0.05) is 31.4 Å². The van der Waals surface area contributed by atoms with Gasteiger partial charge >= 0.3 is 5.97 Å². The number of fused-ring (bicyclic) bond motifs is 1. The molecule has 2 aromatic heterocycles. The van der Waals surface area contributed by atoms with Crippen LogP contribution in [0.5, 0.6) is 5.88 Å². The van der Waals surface area contributed by atoms with Gasteiger partial charge in [0.25, 0.3) is 0 Å². The van der Waals surface area contributed by atoms with E-state index in [-0.39, 0.29) is 41.6 Å². The van der Waals surface area contributed by atoms with E-state index in [1.165, 1.54) is 19.2 Å². The Morgan fingerprint density at radius 3 is 2.53 bits per heavy atom. The van der Waals surface area contributed by atoms with Gasteiger partial charge < -0.3 is 25.0 Å². The summed E-state index contributed by atoms with van der Waals surface area (Å²) in [6.45, 7) is 0.188. The van der Waals surface area contributed by atoms with Crippen molar-refractivity contribution in [2.24, 2.45) is 0 Å². The quantitative estimate of drug-likeness (QED) is 0.464. The third-order valence-corrected chi connectivity index (χ3v) is 4.35. The summed E-state index contributed by atoms with van der Waals surface area (Å²) in [6, 6.07) is 6.05. The third kappa shape index (κ3) is 5.32. The topological polar surface area (TPSA) is 133 Å². The summed E-state index contributed by atoms with van der Waals surface area (Å²) in [5.41, 5.74) is -0.160. The lowest BCUT2D eigenvalue weighted by atomic mass is 10.0. The van der Waals surface area contributed by atoms with Crippen LogP contribution in [-0.2, 0) is 6.42 Å². The molecule has 0 unspecified atom stereocenters. The highest BCUT2D eigenvalue weighted by Gasteiger charge is 2.17. The van der Waals surface area contributed by atoms with E-state index in [4.69, 9.17) is 31.7 Å². The molecule has 0 saturated carbocycles. The summed E-state index contributed by atoms with van der Waals surface area (Å²) in [7, 11) is 1.40. The van der Waals surface area contributed by atoms with Crippen molar-refractivity contribution in [1.29, 1.82) is 0 Å². The molecule has 0 spiro atoms. The van der Waals surface area contributed by atoms with E-state index in [1.54, 1.807) is 12.1 Å². The number of aliphatic hydroxyl groups excluding tert-OH is 2. The average molecular weight is 439 g/mol. The van der Waals surface area contributed by atoms with E-state index < -0.39 is 22.8 Å². The molecule has 0 aliphatic heterocycles. The van der Waals surface area contributed by atoms with Gasteiger partial charge in [0.15, 0.2) is 0 Å². The Kier molecular flexibility index (Phi) is 8.28. The van der Waals surface area contributed by atoms with Crippen molar-refractivity contribution < 1.29 is 29.2 Å². The number of benzene rings is 1. The molecule has 0 amide bonds. The van der Waals surface area contributed by atoms with Crippen LogP contribution >= 0.6 is 11.6 Å². The summed E-state index contributed by atoms with van der Waals surface area (Å²) < 4.78 is 19.4. The van der Waals surface area contributed by atoms with Crippen LogP contribution in [-0.4, -0.2) is 51.6 Å². The molecule has 0 bridgehead atoms. The van der Waals surface area contributed by atoms with Crippen molar-refractivity contribution in [3.05, 3.63) is 68.2 Å². The van der Waals surface area contributed by atoms with Crippen molar-refractivity contribution >= 4 is 28.6 Å². The fourth-order valence-corrected chi connectivity index (χ4v) is 2.79. The number of carboxylic acid groups (broad SMARTS) is 1. The van der Waals surface area contributed by atoms with Crippen LogP contribution in [0.15, 0.2) is 35.3 Å². The highest BCUT2D eigenvalue weighted by molar-refractivity contribution is 6.30. The Labute approximate surface area is 175 Å². The number of ether oxygens (including phenoxy) is 1. The lowest BCUT2D eigenvalue weighted by Crippen LogP contribution is -2.16. The van der Waals surface area contributed by atoms with Gasteiger partial charge in [-0.05, 0) is 24.1 Å².